The van der Waals surface area contributed by atoms with Crippen molar-refractivity contribution in [2.75, 3.05) is 18.1 Å². The van der Waals surface area contributed by atoms with E-state index >= 15 is 0 Å². The Hall–Kier alpha value is 0.270. The summed E-state index contributed by atoms with van der Waals surface area (Å²) in [6.45, 7) is 12.1. The monoisotopic (exact) mass is 259 g/mol. The van der Waals surface area contributed by atoms with Crippen LogP contribution in [0.1, 0.15) is 47.5 Å². The number of nitrogens with one attached hydrogen (secondary N) is 1. The van der Waals surface area contributed by atoms with Gasteiger partial charge in [-0.15, -0.1) is 0 Å². The SMILES string of the molecule is CCOC1CC(NC(C)CCSCC)C1(C)C. The molecule has 0 saturated heterocycles. The summed E-state index contributed by atoms with van der Waals surface area (Å²) in [4.78, 5) is 0. The molecule has 1 rings (SSSR count). The van der Waals surface area contributed by atoms with Crippen LogP contribution in [0.2, 0.25) is 0 Å². The summed E-state index contributed by atoms with van der Waals surface area (Å²) in [5.74, 6) is 2.50. The molecule has 17 heavy (non-hydrogen) atoms. The quantitative estimate of drug-likeness (QED) is 0.676. The highest BCUT2D eigenvalue weighted by atomic mass is 32.2. The van der Waals surface area contributed by atoms with Crippen LogP contribution in [-0.4, -0.2) is 36.3 Å². The second kappa shape index (κ2) is 7.01. The third-order valence-corrected chi connectivity index (χ3v) is 4.86. The molecular formula is C14H29NOS. The minimum atomic E-state index is 0.294. The molecule has 0 amide bonds. The van der Waals surface area contributed by atoms with Gasteiger partial charge >= 0.3 is 0 Å². The summed E-state index contributed by atoms with van der Waals surface area (Å²) in [6, 6.07) is 1.25. The molecule has 0 radical (unpaired) electrons. The smallest absolute Gasteiger partial charge is 0.0655 e. The van der Waals surface area contributed by atoms with Crippen molar-refractivity contribution in [2.24, 2.45) is 5.41 Å². The molecule has 0 aromatic carbocycles. The van der Waals surface area contributed by atoms with Gasteiger partial charge in [0, 0.05) is 24.1 Å². The van der Waals surface area contributed by atoms with E-state index in [1.807, 2.05) is 11.8 Å². The van der Waals surface area contributed by atoms with Crippen molar-refractivity contribution in [3.63, 3.8) is 0 Å². The minimum Gasteiger partial charge on any atom is -0.378 e. The van der Waals surface area contributed by atoms with E-state index in [4.69, 9.17) is 4.74 Å². The maximum Gasteiger partial charge on any atom is 0.0655 e. The second-order valence-corrected chi connectivity index (χ2v) is 7.00. The molecule has 0 aromatic rings. The Morgan fingerprint density at radius 2 is 2.12 bits per heavy atom. The van der Waals surface area contributed by atoms with Gasteiger partial charge in [-0.05, 0) is 38.2 Å². The maximum absolute atomic E-state index is 5.76. The van der Waals surface area contributed by atoms with E-state index < -0.39 is 0 Å². The van der Waals surface area contributed by atoms with Crippen molar-refractivity contribution in [3.8, 4) is 0 Å². The van der Waals surface area contributed by atoms with E-state index in [0.29, 0.717) is 23.6 Å². The lowest BCUT2D eigenvalue weighted by Gasteiger charge is -2.52. The van der Waals surface area contributed by atoms with Gasteiger partial charge in [0.1, 0.15) is 0 Å². The van der Waals surface area contributed by atoms with Crippen LogP contribution in [0.15, 0.2) is 0 Å². The number of ether oxygens (including phenoxy) is 1. The zero-order chi connectivity index (χ0) is 12.9. The summed E-state index contributed by atoms with van der Waals surface area (Å²) in [5, 5.41) is 3.76. The largest absolute Gasteiger partial charge is 0.378 e. The highest BCUT2D eigenvalue weighted by Crippen LogP contribution is 2.43. The fourth-order valence-electron chi connectivity index (χ4n) is 2.48. The predicted molar refractivity (Wildman–Crippen MR) is 77.8 cm³/mol. The minimum absolute atomic E-state index is 0.294. The first kappa shape index (κ1) is 15.3. The fraction of sp³-hybridized carbons (Fsp3) is 1.00. The zero-order valence-corrected chi connectivity index (χ0v) is 12.9. The third-order valence-electron chi connectivity index (χ3n) is 3.93. The number of rotatable bonds is 8. The van der Waals surface area contributed by atoms with Crippen molar-refractivity contribution in [3.05, 3.63) is 0 Å². The van der Waals surface area contributed by atoms with Gasteiger partial charge in [-0.2, -0.15) is 11.8 Å². The average molecular weight is 259 g/mol. The van der Waals surface area contributed by atoms with E-state index in [-0.39, 0.29) is 0 Å². The van der Waals surface area contributed by atoms with Crippen LogP contribution >= 0.6 is 11.8 Å². The molecule has 0 aliphatic heterocycles. The summed E-state index contributed by atoms with van der Waals surface area (Å²) in [7, 11) is 0. The predicted octanol–water partition coefficient (Wildman–Crippen LogP) is 3.31. The maximum atomic E-state index is 5.76. The molecule has 3 heteroatoms. The van der Waals surface area contributed by atoms with Gasteiger partial charge in [0.15, 0.2) is 0 Å². The van der Waals surface area contributed by atoms with Crippen LogP contribution in [-0.2, 0) is 4.74 Å². The molecule has 1 saturated carbocycles. The van der Waals surface area contributed by atoms with Crippen LogP contribution in [0.25, 0.3) is 0 Å². The topological polar surface area (TPSA) is 21.3 Å². The van der Waals surface area contributed by atoms with E-state index in [0.717, 1.165) is 6.61 Å². The van der Waals surface area contributed by atoms with Gasteiger partial charge in [-0.25, -0.2) is 0 Å². The van der Waals surface area contributed by atoms with Crippen molar-refractivity contribution >= 4 is 11.8 Å². The Kier molecular flexibility index (Phi) is 6.32. The van der Waals surface area contributed by atoms with Crippen molar-refractivity contribution < 1.29 is 4.74 Å². The highest BCUT2D eigenvalue weighted by molar-refractivity contribution is 7.99. The highest BCUT2D eigenvalue weighted by Gasteiger charge is 2.48. The standard InChI is InChI=1S/C14H29NOS/c1-6-16-13-10-12(14(13,4)5)15-11(3)8-9-17-7-2/h11-13,15H,6-10H2,1-5H3. The van der Waals surface area contributed by atoms with E-state index in [2.05, 4.69) is 39.9 Å². The van der Waals surface area contributed by atoms with E-state index in [1.165, 1.54) is 24.3 Å². The summed E-state index contributed by atoms with van der Waals surface area (Å²) in [6.07, 6.45) is 2.89. The lowest BCUT2D eigenvalue weighted by molar-refractivity contribution is -0.116. The second-order valence-electron chi connectivity index (χ2n) is 5.61. The first-order valence-corrected chi connectivity index (χ1v) is 8.13. The molecule has 1 aliphatic carbocycles. The Labute approximate surface area is 111 Å². The normalized spacial score (nSPS) is 28.8. The third kappa shape index (κ3) is 4.15. The van der Waals surface area contributed by atoms with Crippen LogP contribution < -0.4 is 5.32 Å². The van der Waals surface area contributed by atoms with E-state index in [9.17, 15) is 0 Å². The van der Waals surface area contributed by atoms with Gasteiger partial charge in [0.25, 0.3) is 0 Å². The zero-order valence-electron chi connectivity index (χ0n) is 12.1. The number of thioether (sulfide) groups is 1. The van der Waals surface area contributed by atoms with Crippen LogP contribution in [0, 0.1) is 5.41 Å². The molecule has 1 aliphatic rings. The summed E-state index contributed by atoms with van der Waals surface area (Å²) in [5.41, 5.74) is 0.294. The molecule has 3 atom stereocenters. The van der Waals surface area contributed by atoms with Gasteiger partial charge in [-0.3, -0.25) is 0 Å². The average Bonchev–Trinajstić information content (AvgIpc) is 2.28. The van der Waals surface area contributed by atoms with Crippen molar-refractivity contribution in [2.45, 2.75) is 65.6 Å². The Balaban J connectivity index is 2.24. The summed E-state index contributed by atoms with van der Waals surface area (Å²) >= 11 is 2.03. The molecule has 102 valence electrons. The molecule has 0 aromatic heterocycles. The first-order chi connectivity index (χ1) is 8.02. The van der Waals surface area contributed by atoms with Crippen LogP contribution in [0.4, 0.5) is 0 Å². The molecule has 0 spiro atoms. The number of hydrogen-bond acceptors (Lipinski definition) is 3. The van der Waals surface area contributed by atoms with Crippen molar-refractivity contribution in [1.29, 1.82) is 0 Å². The van der Waals surface area contributed by atoms with Crippen molar-refractivity contribution in [1.82, 2.24) is 5.32 Å². The molecule has 0 bridgehead atoms. The Bertz CT molecular complexity index is 220. The lowest BCUT2D eigenvalue weighted by Crippen LogP contribution is -2.62. The molecule has 2 nitrogen and oxygen atoms in total. The fourth-order valence-corrected chi connectivity index (χ4v) is 3.29. The van der Waals surface area contributed by atoms with Gasteiger partial charge < -0.3 is 10.1 Å². The molecule has 1 N–H and O–H groups in total. The van der Waals surface area contributed by atoms with Gasteiger partial charge in [-0.1, -0.05) is 20.8 Å². The molecule has 0 heterocycles. The van der Waals surface area contributed by atoms with E-state index in [1.54, 1.807) is 0 Å². The van der Waals surface area contributed by atoms with Gasteiger partial charge in [0.2, 0.25) is 0 Å². The molecule has 3 unspecified atom stereocenters. The Morgan fingerprint density at radius 1 is 1.41 bits per heavy atom. The van der Waals surface area contributed by atoms with Crippen LogP contribution in [0.5, 0.6) is 0 Å². The Morgan fingerprint density at radius 3 is 2.65 bits per heavy atom. The van der Waals surface area contributed by atoms with Gasteiger partial charge in [0.05, 0.1) is 6.10 Å². The summed E-state index contributed by atoms with van der Waals surface area (Å²) < 4.78 is 5.76. The molecule has 1 fully saturated rings. The number of hydrogen-bond donors (Lipinski definition) is 1. The first-order valence-electron chi connectivity index (χ1n) is 6.97. The molecular weight excluding hydrogens is 230 g/mol. The lowest BCUT2D eigenvalue weighted by atomic mass is 9.64. The van der Waals surface area contributed by atoms with Crippen LogP contribution in [0.3, 0.4) is 0 Å².